The monoisotopic (exact) mass is 413 g/mol. The predicted octanol–water partition coefficient (Wildman–Crippen LogP) is 5.81. The molecule has 2 aromatic heterocycles. The number of hydrogen-bond acceptors (Lipinski definition) is 4. The van der Waals surface area contributed by atoms with E-state index in [1.54, 1.807) is 42.1 Å². The number of pyridine rings is 1. The summed E-state index contributed by atoms with van der Waals surface area (Å²) in [6.45, 7) is 1.73. The molecule has 1 N–H and O–H groups in total. The van der Waals surface area contributed by atoms with Gasteiger partial charge in [-0.2, -0.15) is 0 Å². The zero-order valence-electron chi connectivity index (χ0n) is 16.6. The number of aromatic nitrogens is 4. The first kappa shape index (κ1) is 18.9. The standard InChI is InChI=1S/C24H17F2N5/c1-15-13-17(7-11-20(15)26)27-21-3-2-4-22-19(21)10-12-23(28-22)24-14-31(30-29-24)18-8-5-16(25)6-9-18/h2-14,27H,1H3. The summed E-state index contributed by atoms with van der Waals surface area (Å²) in [4.78, 5) is 4.72. The molecule has 2 heterocycles. The lowest BCUT2D eigenvalue weighted by Gasteiger charge is -2.11. The highest BCUT2D eigenvalue weighted by Crippen LogP contribution is 2.28. The Morgan fingerprint density at radius 2 is 1.71 bits per heavy atom. The third-order valence-electron chi connectivity index (χ3n) is 5.02. The summed E-state index contributed by atoms with van der Waals surface area (Å²) in [5.74, 6) is -0.538. The van der Waals surface area contributed by atoms with Crippen molar-refractivity contribution in [1.29, 1.82) is 0 Å². The lowest BCUT2D eigenvalue weighted by molar-refractivity contribution is 0.619. The summed E-state index contributed by atoms with van der Waals surface area (Å²) in [5.41, 5.74) is 5.04. The summed E-state index contributed by atoms with van der Waals surface area (Å²) >= 11 is 0. The minimum atomic E-state index is -0.305. The van der Waals surface area contributed by atoms with E-state index in [1.807, 2.05) is 30.3 Å². The fourth-order valence-corrected chi connectivity index (χ4v) is 3.39. The molecule has 5 nitrogen and oxygen atoms in total. The Labute approximate surface area is 177 Å². The third-order valence-corrected chi connectivity index (χ3v) is 5.02. The van der Waals surface area contributed by atoms with E-state index in [0.29, 0.717) is 22.6 Å². The van der Waals surface area contributed by atoms with Crippen LogP contribution in [0.2, 0.25) is 0 Å². The number of nitrogens with zero attached hydrogens (tertiary/aromatic N) is 4. The van der Waals surface area contributed by atoms with Crippen molar-refractivity contribution in [3.8, 4) is 17.1 Å². The second-order valence-corrected chi connectivity index (χ2v) is 7.18. The molecule has 0 aliphatic carbocycles. The van der Waals surface area contributed by atoms with E-state index in [-0.39, 0.29) is 11.6 Å². The van der Waals surface area contributed by atoms with E-state index < -0.39 is 0 Å². The van der Waals surface area contributed by atoms with Crippen molar-refractivity contribution in [2.45, 2.75) is 6.92 Å². The van der Waals surface area contributed by atoms with Gasteiger partial charge in [0, 0.05) is 16.8 Å². The molecule has 0 amide bonds. The smallest absolute Gasteiger partial charge is 0.131 e. The maximum Gasteiger partial charge on any atom is 0.131 e. The van der Waals surface area contributed by atoms with Gasteiger partial charge in [-0.3, -0.25) is 0 Å². The summed E-state index contributed by atoms with van der Waals surface area (Å²) in [6.07, 6.45) is 1.75. The molecule has 7 heteroatoms. The van der Waals surface area contributed by atoms with E-state index in [0.717, 1.165) is 22.3 Å². The topological polar surface area (TPSA) is 55.6 Å². The van der Waals surface area contributed by atoms with Gasteiger partial charge in [0.05, 0.1) is 23.1 Å². The van der Waals surface area contributed by atoms with Gasteiger partial charge in [0.1, 0.15) is 17.3 Å². The van der Waals surface area contributed by atoms with Crippen molar-refractivity contribution in [3.05, 3.63) is 96.2 Å². The van der Waals surface area contributed by atoms with E-state index in [1.165, 1.54) is 18.2 Å². The van der Waals surface area contributed by atoms with Crippen LogP contribution < -0.4 is 5.32 Å². The van der Waals surface area contributed by atoms with Gasteiger partial charge >= 0.3 is 0 Å². The van der Waals surface area contributed by atoms with Gasteiger partial charge in [-0.25, -0.2) is 18.4 Å². The van der Waals surface area contributed by atoms with Crippen molar-refractivity contribution in [1.82, 2.24) is 20.0 Å². The van der Waals surface area contributed by atoms with Crippen LogP contribution in [-0.4, -0.2) is 20.0 Å². The largest absolute Gasteiger partial charge is 0.355 e. The average Bonchev–Trinajstić information content (AvgIpc) is 3.27. The lowest BCUT2D eigenvalue weighted by atomic mass is 10.1. The zero-order chi connectivity index (χ0) is 21.4. The summed E-state index contributed by atoms with van der Waals surface area (Å²) in [7, 11) is 0. The maximum absolute atomic E-state index is 13.6. The Kier molecular flexibility index (Phi) is 4.63. The normalized spacial score (nSPS) is 11.1. The van der Waals surface area contributed by atoms with Gasteiger partial charge in [-0.15, -0.1) is 5.10 Å². The SMILES string of the molecule is Cc1cc(Nc2cccc3nc(-c4cn(-c5ccc(F)cc5)nn4)ccc23)ccc1F. The van der Waals surface area contributed by atoms with Gasteiger partial charge < -0.3 is 5.32 Å². The summed E-state index contributed by atoms with van der Waals surface area (Å²) in [6, 6.07) is 20.6. The Balaban J connectivity index is 1.47. The number of aryl methyl sites for hydroxylation is 1. The second-order valence-electron chi connectivity index (χ2n) is 7.18. The highest BCUT2D eigenvalue weighted by Gasteiger charge is 2.10. The van der Waals surface area contributed by atoms with Crippen LogP contribution in [0.25, 0.3) is 28.0 Å². The number of benzene rings is 3. The maximum atomic E-state index is 13.6. The summed E-state index contributed by atoms with van der Waals surface area (Å²) < 4.78 is 28.3. The number of rotatable bonds is 4. The molecule has 3 aromatic carbocycles. The van der Waals surface area contributed by atoms with Gasteiger partial charge in [0.25, 0.3) is 0 Å². The number of nitrogens with one attached hydrogen (secondary N) is 1. The van der Waals surface area contributed by atoms with Crippen molar-refractivity contribution in [3.63, 3.8) is 0 Å². The molecule has 0 spiro atoms. The van der Waals surface area contributed by atoms with Crippen LogP contribution in [0.15, 0.2) is 79.0 Å². The molecule has 0 bridgehead atoms. The van der Waals surface area contributed by atoms with Crippen molar-refractivity contribution in [2.24, 2.45) is 0 Å². The lowest BCUT2D eigenvalue weighted by Crippen LogP contribution is -1.94. The number of fused-ring (bicyclic) bond motifs is 1. The molecule has 0 aliphatic heterocycles. The van der Waals surface area contributed by atoms with E-state index in [4.69, 9.17) is 4.98 Å². The quantitative estimate of drug-likeness (QED) is 0.404. The number of anilines is 2. The number of hydrogen-bond donors (Lipinski definition) is 1. The second kappa shape index (κ2) is 7.60. The highest BCUT2D eigenvalue weighted by molar-refractivity contribution is 5.94. The minimum Gasteiger partial charge on any atom is -0.355 e. The van der Waals surface area contributed by atoms with Crippen molar-refractivity contribution < 1.29 is 8.78 Å². The molecular formula is C24H17F2N5. The van der Waals surface area contributed by atoms with Crippen LogP contribution >= 0.6 is 0 Å². The van der Waals surface area contributed by atoms with Crippen molar-refractivity contribution in [2.75, 3.05) is 5.32 Å². The first-order chi connectivity index (χ1) is 15.1. The zero-order valence-corrected chi connectivity index (χ0v) is 16.6. The predicted molar refractivity (Wildman–Crippen MR) is 116 cm³/mol. The van der Waals surface area contributed by atoms with Crippen LogP contribution in [0, 0.1) is 18.6 Å². The molecule has 0 atom stereocenters. The van der Waals surface area contributed by atoms with E-state index >= 15 is 0 Å². The van der Waals surface area contributed by atoms with E-state index in [2.05, 4.69) is 15.6 Å². The Hall–Kier alpha value is -4.13. The molecule has 0 radical (unpaired) electrons. The van der Waals surface area contributed by atoms with Crippen LogP contribution in [0.3, 0.4) is 0 Å². The Morgan fingerprint density at radius 3 is 2.52 bits per heavy atom. The van der Waals surface area contributed by atoms with Gasteiger partial charge in [0.15, 0.2) is 0 Å². The molecule has 152 valence electrons. The Bertz CT molecular complexity index is 1390. The average molecular weight is 413 g/mol. The molecule has 0 saturated carbocycles. The first-order valence-electron chi connectivity index (χ1n) is 9.68. The van der Waals surface area contributed by atoms with Gasteiger partial charge in [-0.1, -0.05) is 11.3 Å². The molecular weight excluding hydrogens is 396 g/mol. The Morgan fingerprint density at radius 1 is 0.871 bits per heavy atom. The third kappa shape index (κ3) is 3.73. The van der Waals surface area contributed by atoms with Crippen LogP contribution in [0.5, 0.6) is 0 Å². The molecule has 31 heavy (non-hydrogen) atoms. The molecule has 0 unspecified atom stereocenters. The molecule has 5 rings (SSSR count). The first-order valence-corrected chi connectivity index (χ1v) is 9.68. The molecule has 0 aliphatic rings. The highest BCUT2D eigenvalue weighted by atomic mass is 19.1. The molecule has 0 saturated heterocycles. The molecule has 5 aromatic rings. The van der Waals surface area contributed by atoms with E-state index in [9.17, 15) is 8.78 Å². The van der Waals surface area contributed by atoms with Gasteiger partial charge in [-0.05, 0) is 79.2 Å². The fourth-order valence-electron chi connectivity index (χ4n) is 3.39. The molecule has 0 fully saturated rings. The fraction of sp³-hybridized carbons (Fsp3) is 0.0417. The van der Waals surface area contributed by atoms with Crippen LogP contribution in [0.1, 0.15) is 5.56 Å². The van der Waals surface area contributed by atoms with Crippen LogP contribution in [0.4, 0.5) is 20.2 Å². The van der Waals surface area contributed by atoms with Gasteiger partial charge in [0.2, 0.25) is 0 Å². The summed E-state index contributed by atoms with van der Waals surface area (Å²) in [5, 5.41) is 12.6. The van der Waals surface area contributed by atoms with Crippen molar-refractivity contribution >= 4 is 22.3 Å². The number of halogens is 2. The minimum absolute atomic E-state index is 0.233. The van der Waals surface area contributed by atoms with Crippen LogP contribution in [-0.2, 0) is 0 Å².